The normalized spacial score (nSPS) is 12.2. The third-order valence-corrected chi connectivity index (χ3v) is 6.00. The van der Waals surface area contributed by atoms with Crippen LogP contribution in [0.2, 0.25) is 0 Å². The van der Waals surface area contributed by atoms with Crippen LogP contribution in [0.5, 0.6) is 5.75 Å². The van der Waals surface area contributed by atoms with Crippen LogP contribution in [-0.4, -0.2) is 72.5 Å². The molecular formula is C27H26N8O7. The van der Waals surface area contributed by atoms with Gasteiger partial charge in [-0.05, 0) is 23.3 Å². The minimum atomic E-state index is -1.32. The largest absolute Gasteiger partial charge is 0.508 e. The quantitative estimate of drug-likeness (QED) is 0.118. The van der Waals surface area contributed by atoms with E-state index in [1.807, 2.05) is 0 Å². The topological polar surface area (TPSA) is 242 Å². The number of carboxylic acids is 1. The van der Waals surface area contributed by atoms with Gasteiger partial charge < -0.3 is 31.9 Å². The SMILES string of the molecule is Nc1nc2nc(C(=O)NCC(=O)N[C@@H](Cc3ccccc3)C(=O)N[C@@H](Cc3ccc(O)cc3)C(=O)O)cnc2c(=O)[nH]1. The number of fused-ring (bicyclic) bond motifs is 1. The number of carbonyl (C=O) groups is 4. The number of aromatic hydroxyl groups is 1. The molecular weight excluding hydrogens is 548 g/mol. The molecule has 8 N–H and O–H groups in total. The molecule has 0 aliphatic heterocycles. The third kappa shape index (κ3) is 7.62. The summed E-state index contributed by atoms with van der Waals surface area (Å²) in [5.41, 5.74) is 5.61. The number of hydrogen-bond donors (Lipinski definition) is 7. The number of hydrogen-bond acceptors (Lipinski definition) is 10. The molecule has 0 aliphatic rings. The van der Waals surface area contributed by atoms with Crippen molar-refractivity contribution in [2.75, 3.05) is 12.3 Å². The number of nitrogen functional groups attached to an aromatic ring is 1. The van der Waals surface area contributed by atoms with Gasteiger partial charge in [-0.25, -0.2) is 14.8 Å². The summed E-state index contributed by atoms with van der Waals surface area (Å²) in [6.45, 7) is -0.558. The van der Waals surface area contributed by atoms with Gasteiger partial charge in [0, 0.05) is 12.8 Å². The molecule has 2 atom stereocenters. The smallest absolute Gasteiger partial charge is 0.326 e. The molecule has 216 valence electrons. The van der Waals surface area contributed by atoms with Gasteiger partial charge in [0.05, 0.1) is 12.7 Å². The summed E-state index contributed by atoms with van der Waals surface area (Å²) >= 11 is 0. The number of benzene rings is 2. The summed E-state index contributed by atoms with van der Waals surface area (Å²) in [5.74, 6) is -3.78. The number of aromatic nitrogens is 4. The van der Waals surface area contributed by atoms with E-state index in [9.17, 15) is 34.2 Å². The summed E-state index contributed by atoms with van der Waals surface area (Å²) in [7, 11) is 0. The number of amides is 3. The molecule has 3 amide bonds. The number of aromatic amines is 1. The maximum atomic E-state index is 13.2. The first kappa shape index (κ1) is 29.1. The Balaban J connectivity index is 1.43. The first-order valence-electron chi connectivity index (χ1n) is 12.5. The van der Waals surface area contributed by atoms with E-state index in [1.165, 1.54) is 24.3 Å². The fourth-order valence-corrected chi connectivity index (χ4v) is 3.94. The predicted molar refractivity (Wildman–Crippen MR) is 148 cm³/mol. The monoisotopic (exact) mass is 574 g/mol. The fourth-order valence-electron chi connectivity index (χ4n) is 3.94. The third-order valence-electron chi connectivity index (χ3n) is 6.00. The van der Waals surface area contributed by atoms with E-state index in [4.69, 9.17) is 5.73 Å². The van der Waals surface area contributed by atoms with Gasteiger partial charge in [-0.1, -0.05) is 42.5 Å². The molecule has 0 fully saturated rings. The Bertz CT molecular complexity index is 1680. The Labute approximate surface area is 237 Å². The molecule has 4 rings (SSSR count). The lowest BCUT2D eigenvalue weighted by Crippen LogP contribution is -2.54. The zero-order valence-corrected chi connectivity index (χ0v) is 21.9. The molecule has 15 heteroatoms. The summed E-state index contributed by atoms with van der Waals surface area (Å²) in [5, 5.41) is 26.5. The lowest BCUT2D eigenvalue weighted by Gasteiger charge is -2.22. The van der Waals surface area contributed by atoms with Crippen molar-refractivity contribution < 1.29 is 29.4 Å². The number of phenols is 1. The molecule has 2 aromatic carbocycles. The highest BCUT2D eigenvalue weighted by Gasteiger charge is 2.27. The van der Waals surface area contributed by atoms with E-state index in [0.717, 1.165) is 6.20 Å². The lowest BCUT2D eigenvalue weighted by atomic mass is 10.0. The van der Waals surface area contributed by atoms with Crippen LogP contribution in [0.25, 0.3) is 11.2 Å². The summed E-state index contributed by atoms with van der Waals surface area (Å²) in [4.78, 5) is 76.3. The molecule has 0 spiro atoms. The van der Waals surface area contributed by atoms with Gasteiger partial charge in [-0.3, -0.25) is 24.2 Å². The minimum absolute atomic E-state index is 0.0108. The van der Waals surface area contributed by atoms with Crippen LogP contribution in [-0.2, 0) is 27.2 Å². The second-order valence-corrected chi connectivity index (χ2v) is 9.14. The van der Waals surface area contributed by atoms with E-state index in [2.05, 4.69) is 35.9 Å². The van der Waals surface area contributed by atoms with Crippen molar-refractivity contribution in [1.29, 1.82) is 0 Å². The number of phenolic OH excluding ortho intramolecular Hbond substituents is 1. The standard InChI is InChI=1S/C27H26N8O7/c28-27-34-22-21(25(40)35-27)29-12-19(32-22)23(38)30-13-20(37)31-17(10-14-4-2-1-3-5-14)24(39)33-18(26(41)42)11-15-6-8-16(36)9-7-15/h1-9,12,17-18,36H,10-11,13H2,(H,30,38)(H,31,37)(H,33,39)(H,41,42)(H3,28,32,34,35,40)/t17-,18-/m0/s1. The Kier molecular flexibility index (Phi) is 9.01. The van der Waals surface area contributed by atoms with E-state index >= 15 is 0 Å². The van der Waals surface area contributed by atoms with Crippen LogP contribution in [0.15, 0.2) is 65.6 Å². The van der Waals surface area contributed by atoms with Crippen LogP contribution in [0.3, 0.4) is 0 Å². The average molecular weight is 575 g/mol. The van der Waals surface area contributed by atoms with Crippen molar-refractivity contribution in [2.24, 2.45) is 0 Å². The molecule has 2 aromatic heterocycles. The number of carbonyl (C=O) groups excluding carboxylic acids is 3. The van der Waals surface area contributed by atoms with Crippen LogP contribution in [0.1, 0.15) is 21.6 Å². The van der Waals surface area contributed by atoms with Crippen molar-refractivity contribution in [3.63, 3.8) is 0 Å². The Morgan fingerprint density at radius 3 is 2.26 bits per heavy atom. The highest BCUT2D eigenvalue weighted by molar-refractivity contribution is 5.96. The second kappa shape index (κ2) is 13.0. The number of rotatable bonds is 11. The van der Waals surface area contributed by atoms with Crippen LogP contribution >= 0.6 is 0 Å². The second-order valence-electron chi connectivity index (χ2n) is 9.14. The van der Waals surface area contributed by atoms with Gasteiger partial charge in [0.25, 0.3) is 11.5 Å². The Morgan fingerprint density at radius 2 is 1.57 bits per heavy atom. The number of nitrogens with two attached hydrogens (primary N) is 1. The summed E-state index contributed by atoms with van der Waals surface area (Å²) in [6.07, 6.45) is 1.01. The predicted octanol–water partition coefficient (Wildman–Crippen LogP) is -0.730. The molecule has 15 nitrogen and oxygen atoms in total. The number of nitrogens with zero attached hydrogens (tertiary/aromatic N) is 3. The van der Waals surface area contributed by atoms with Gasteiger partial charge >= 0.3 is 5.97 Å². The average Bonchev–Trinajstić information content (AvgIpc) is 2.96. The van der Waals surface area contributed by atoms with Crippen LogP contribution < -0.4 is 27.2 Å². The summed E-state index contributed by atoms with van der Waals surface area (Å²) < 4.78 is 0. The molecule has 42 heavy (non-hydrogen) atoms. The molecule has 0 saturated heterocycles. The summed E-state index contributed by atoms with van der Waals surface area (Å²) in [6, 6.07) is 12.1. The zero-order valence-electron chi connectivity index (χ0n) is 21.9. The van der Waals surface area contributed by atoms with Crippen LogP contribution in [0.4, 0.5) is 5.95 Å². The van der Waals surface area contributed by atoms with Gasteiger partial charge in [0.15, 0.2) is 11.2 Å². The molecule has 2 heterocycles. The van der Waals surface area contributed by atoms with Crippen LogP contribution in [0, 0.1) is 0 Å². The molecule has 0 radical (unpaired) electrons. The zero-order chi connectivity index (χ0) is 30.2. The number of anilines is 1. The van der Waals surface area contributed by atoms with E-state index in [1.54, 1.807) is 30.3 Å². The Morgan fingerprint density at radius 1 is 0.905 bits per heavy atom. The van der Waals surface area contributed by atoms with Crippen molar-refractivity contribution in [3.05, 3.63) is 88.0 Å². The van der Waals surface area contributed by atoms with Gasteiger partial charge in [0.2, 0.25) is 17.8 Å². The van der Waals surface area contributed by atoms with Gasteiger partial charge in [-0.15, -0.1) is 0 Å². The van der Waals surface area contributed by atoms with E-state index in [-0.39, 0.29) is 41.4 Å². The van der Waals surface area contributed by atoms with Crippen molar-refractivity contribution in [2.45, 2.75) is 24.9 Å². The minimum Gasteiger partial charge on any atom is -0.508 e. The van der Waals surface area contributed by atoms with Gasteiger partial charge in [0.1, 0.15) is 23.5 Å². The molecule has 0 unspecified atom stereocenters. The number of H-pyrrole nitrogens is 1. The maximum Gasteiger partial charge on any atom is 0.326 e. The molecule has 0 saturated carbocycles. The van der Waals surface area contributed by atoms with E-state index < -0.39 is 47.9 Å². The fraction of sp³-hybridized carbons (Fsp3) is 0.185. The van der Waals surface area contributed by atoms with Gasteiger partial charge in [-0.2, -0.15) is 4.98 Å². The highest BCUT2D eigenvalue weighted by atomic mass is 16.4. The number of nitrogens with one attached hydrogen (secondary N) is 4. The molecule has 4 aromatic rings. The highest BCUT2D eigenvalue weighted by Crippen LogP contribution is 2.12. The first-order valence-corrected chi connectivity index (χ1v) is 12.5. The van der Waals surface area contributed by atoms with Crippen molar-refractivity contribution >= 4 is 40.8 Å². The number of carboxylic acid groups (broad SMARTS) is 1. The maximum absolute atomic E-state index is 13.2. The van der Waals surface area contributed by atoms with Crippen molar-refractivity contribution in [1.82, 2.24) is 35.9 Å². The van der Waals surface area contributed by atoms with Crippen molar-refractivity contribution in [3.8, 4) is 5.75 Å². The van der Waals surface area contributed by atoms with E-state index in [0.29, 0.717) is 11.1 Å². The number of aliphatic carboxylic acids is 1. The lowest BCUT2D eigenvalue weighted by molar-refractivity contribution is -0.142. The molecule has 0 aliphatic carbocycles. The molecule has 0 bridgehead atoms. The first-order chi connectivity index (χ1) is 20.1. The Hall–Kier alpha value is -5.86.